The van der Waals surface area contributed by atoms with Crippen molar-refractivity contribution in [1.29, 1.82) is 0 Å². The average molecular weight is 271 g/mol. The van der Waals surface area contributed by atoms with E-state index in [1.54, 1.807) is 0 Å². The van der Waals surface area contributed by atoms with Crippen LogP contribution in [0, 0.1) is 6.92 Å². The van der Waals surface area contributed by atoms with Crippen LogP contribution in [-0.4, -0.2) is 11.7 Å². The summed E-state index contributed by atoms with van der Waals surface area (Å²) >= 11 is 0. The lowest BCUT2D eigenvalue weighted by Gasteiger charge is -2.17. The molecule has 0 aliphatic heterocycles. The number of aliphatic hydroxyl groups is 1. The maximum atomic E-state index is 10.1. The van der Waals surface area contributed by atoms with Crippen molar-refractivity contribution < 1.29 is 9.84 Å². The molecule has 2 rings (SSSR count). The second kappa shape index (κ2) is 6.55. The lowest BCUT2D eigenvalue weighted by molar-refractivity contribution is 0.107. The summed E-state index contributed by atoms with van der Waals surface area (Å²) in [5.74, 6) is 0.737. The lowest BCUT2D eigenvalue weighted by atomic mass is 10.0. The Hall–Kier alpha value is -1.84. The number of hydrogen-bond donors (Lipinski definition) is 2. The summed E-state index contributed by atoms with van der Waals surface area (Å²) in [6.07, 6.45) is -0.640. The van der Waals surface area contributed by atoms with Crippen molar-refractivity contribution in [2.45, 2.75) is 26.0 Å². The predicted molar refractivity (Wildman–Crippen MR) is 80.7 cm³/mol. The highest BCUT2D eigenvalue weighted by Gasteiger charge is 2.12. The Balaban J connectivity index is 2.08. The second-order valence-corrected chi connectivity index (χ2v) is 5.07. The Bertz CT molecular complexity index is 552. The van der Waals surface area contributed by atoms with Crippen LogP contribution in [0.15, 0.2) is 48.5 Å². The smallest absolute Gasteiger partial charge is 0.124 e. The molecule has 0 fully saturated rings. The molecule has 0 aliphatic rings. The topological polar surface area (TPSA) is 55.5 Å². The van der Waals surface area contributed by atoms with E-state index in [4.69, 9.17) is 10.5 Å². The first-order chi connectivity index (χ1) is 9.58. The molecule has 2 unspecified atom stereocenters. The van der Waals surface area contributed by atoms with Crippen LogP contribution in [0.2, 0.25) is 0 Å². The minimum atomic E-state index is -0.640. The van der Waals surface area contributed by atoms with Gasteiger partial charge >= 0.3 is 0 Å². The number of hydrogen-bond acceptors (Lipinski definition) is 3. The van der Waals surface area contributed by atoms with Crippen LogP contribution in [0.1, 0.15) is 35.8 Å². The zero-order valence-corrected chi connectivity index (χ0v) is 11.9. The van der Waals surface area contributed by atoms with Crippen molar-refractivity contribution >= 4 is 0 Å². The van der Waals surface area contributed by atoms with Crippen molar-refractivity contribution in [2.75, 3.05) is 6.61 Å². The van der Waals surface area contributed by atoms with Crippen molar-refractivity contribution in [3.8, 4) is 5.75 Å². The molecular formula is C17H21NO2. The standard InChI is InChI=1S/C17H21NO2/c1-12-8-9-17(15(10-12)13(2)18)20-11-16(19)14-6-4-3-5-7-14/h3-10,13,16,19H,11,18H2,1-2H3. The largest absolute Gasteiger partial charge is 0.490 e. The second-order valence-electron chi connectivity index (χ2n) is 5.07. The molecule has 0 heterocycles. The third-order valence-corrected chi connectivity index (χ3v) is 3.24. The van der Waals surface area contributed by atoms with Crippen molar-refractivity contribution in [3.05, 3.63) is 65.2 Å². The van der Waals surface area contributed by atoms with Crippen molar-refractivity contribution in [2.24, 2.45) is 5.73 Å². The van der Waals surface area contributed by atoms with Gasteiger partial charge in [0.05, 0.1) is 0 Å². The first kappa shape index (κ1) is 14.6. The van der Waals surface area contributed by atoms with Gasteiger partial charge < -0.3 is 15.6 Å². The highest BCUT2D eigenvalue weighted by Crippen LogP contribution is 2.26. The lowest BCUT2D eigenvalue weighted by Crippen LogP contribution is -2.13. The quantitative estimate of drug-likeness (QED) is 0.878. The van der Waals surface area contributed by atoms with E-state index in [0.29, 0.717) is 0 Å². The SMILES string of the molecule is Cc1ccc(OCC(O)c2ccccc2)c(C(C)N)c1. The number of rotatable bonds is 5. The fourth-order valence-electron chi connectivity index (χ4n) is 2.10. The molecule has 0 saturated heterocycles. The summed E-state index contributed by atoms with van der Waals surface area (Å²) in [7, 11) is 0. The third kappa shape index (κ3) is 3.59. The van der Waals surface area contributed by atoms with Crippen LogP contribution in [0.3, 0.4) is 0 Å². The Kier molecular flexibility index (Phi) is 4.77. The minimum absolute atomic E-state index is 0.0984. The van der Waals surface area contributed by atoms with Gasteiger partial charge in [0.2, 0.25) is 0 Å². The van der Waals surface area contributed by atoms with Gasteiger partial charge in [-0.2, -0.15) is 0 Å². The van der Waals surface area contributed by atoms with Gasteiger partial charge in [0.1, 0.15) is 18.5 Å². The van der Waals surface area contributed by atoms with E-state index in [2.05, 4.69) is 0 Å². The van der Waals surface area contributed by atoms with Crippen LogP contribution < -0.4 is 10.5 Å². The Morgan fingerprint density at radius 1 is 1.15 bits per heavy atom. The van der Waals surface area contributed by atoms with Crippen LogP contribution in [0.25, 0.3) is 0 Å². The molecule has 2 aromatic rings. The first-order valence-electron chi connectivity index (χ1n) is 6.80. The molecule has 0 aliphatic carbocycles. The average Bonchev–Trinajstić information content (AvgIpc) is 2.46. The van der Waals surface area contributed by atoms with Crippen molar-refractivity contribution in [1.82, 2.24) is 0 Å². The van der Waals surface area contributed by atoms with Crippen LogP contribution >= 0.6 is 0 Å². The zero-order valence-electron chi connectivity index (χ0n) is 11.9. The molecule has 0 saturated carbocycles. The molecule has 0 spiro atoms. The fraction of sp³-hybridized carbons (Fsp3) is 0.294. The summed E-state index contributed by atoms with van der Waals surface area (Å²) in [5, 5.41) is 10.1. The molecule has 0 amide bonds. The van der Waals surface area contributed by atoms with E-state index in [-0.39, 0.29) is 12.6 Å². The van der Waals surface area contributed by atoms with Gasteiger partial charge in [-0.25, -0.2) is 0 Å². The van der Waals surface area contributed by atoms with Gasteiger partial charge in [0, 0.05) is 11.6 Å². The van der Waals surface area contributed by atoms with E-state index < -0.39 is 6.10 Å². The maximum Gasteiger partial charge on any atom is 0.124 e. The summed E-state index contributed by atoms with van der Waals surface area (Å²) in [6, 6.07) is 15.3. The van der Waals surface area contributed by atoms with E-state index >= 15 is 0 Å². The molecule has 0 aromatic heterocycles. The number of aliphatic hydroxyl groups excluding tert-OH is 1. The van der Waals surface area contributed by atoms with E-state index in [0.717, 1.165) is 22.4 Å². The van der Waals surface area contributed by atoms with Crippen LogP contribution in [0.4, 0.5) is 0 Å². The molecule has 3 heteroatoms. The highest BCUT2D eigenvalue weighted by molar-refractivity contribution is 5.38. The number of nitrogens with two attached hydrogens (primary N) is 1. The Labute approximate surface area is 120 Å². The van der Waals surface area contributed by atoms with Crippen LogP contribution in [0.5, 0.6) is 5.75 Å². The molecule has 3 nitrogen and oxygen atoms in total. The molecule has 3 N–H and O–H groups in total. The number of aryl methyl sites for hydroxylation is 1. The number of ether oxygens (including phenoxy) is 1. The first-order valence-corrected chi connectivity index (χ1v) is 6.80. The van der Waals surface area contributed by atoms with Gasteiger partial charge in [0.25, 0.3) is 0 Å². The normalized spacial score (nSPS) is 13.8. The van der Waals surface area contributed by atoms with E-state index in [9.17, 15) is 5.11 Å². The molecule has 106 valence electrons. The third-order valence-electron chi connectivity index (χ3n) is 3.24. The van der Waals surface area contributed by atoms with E-state index in [1.165, 1.54) is 0 Å². The minimum Gasteiger partial charge on any atom is -0.490 e. The van der Waals surface area contributed by atoms with Gasteiger partial charge in [-0.1, -0.05) is 48.0 Å². The highest BCUT2D eigenvalue weighted by atomic mass is 16.5. The van der Waals surface area contributed by atoms with Crippen LogP contribution in [-0.2, 0) is 0 Å². The van der Waals surface area contributed by atoms with E-state index in [1.807, 2.05) is 62.4 Å². The molecule has 2 atom stereocenters. The number of benzene rings is 2. The molecule has 20 heavy (non-hydrogen) atoms. The Morgan fingerprint density at radius 2 is 1.85 bits per heavy atom. The molecule has 0 radical (unpaired) electrons. The predicted octanol–water partition coefficient (Wildman–Crippen LogP) is 3.13. The molecular weight excluding hydrogens is 250 g/mol. The fourth-order valence-corrected chi connectivity index (χ4v) is 2.10. The van der Waals surface area contributed by atoms with Gasteiger partial charge in [0.15, 0.2) is 0 Å². The van der Waals surface area contributed by atoms with Crippen molar-refractivity contribution in [3.63, 3.8) is 0 Å². The summed E-state index contributed by atoms with van der Waals surface area (Å²) in [5.41, 5.74) is 8.92. The summed E-state index contributed by atoms with van der Waals surface area (Å²) in [4.78, 5) is 0. The van der Waals surface area contributed by atoms with Gasteiger partial charge in [-0.05, 0) is 25.5 Å². The van der Waals surface area contributed by atoms with Gasteiger partial charge in [-0.15, -0.1) is 0 Å². The Morgan fingerprint density at radius 3 is 2.50 bits per heavy atom. The summed E-state index contributed by atoms with van der Waals surface area (Å²) < 4.78 is 5.74. The molecule has 2 aromatic carbocycles. The summed E-state index contributed by atoms with van der Waals surface area (Å²) in [6.45, 7) is 4.16. The van der Waals surface area contributed by atoms with Gasteiger partial charge in [-0.3, -0.25) is 0 Å². The zero-order chi connectivity index (χ0) is 14.5. The monoisotopic (exact) mass is 271 g/mol. The molecule has 0 bridgehead atoms. The maximum absolute atomic E-state index is 10.1.